The molecule has 0 fully saturated rings. The van der Waals surface area contributed by atoms with E-state index in [9.17, 15) is 4.79 Å². The zero-order valence-corrected chi connectivity index (χ0v) is 10.5. The molecule has 1 heterocycles. The maximum absolute atomic E-state index is 10.5. The molecule has 3 nitrogen and oxygen atoms in total. The molecule has 1 aromatic heterocycles. The Morgan fingerprint density at radius 3 is 2.67 bits per heavy atom. The minimum absolute atomic E-state index is 0. The summed E-state index contributed by atoms with van der Waals surface area (Å²) in [7, 11) is 0. The quantitative estimate of drug-likeness (QED) is 0.764. The molecular formula is C11H9NNaO2. The third-order valence-corrected chi connectivity index (χ3v) is 1.99. The standard InChI is InChI=1S/C11H9NO2.Na/c13-11(14)7-9-6-5-8-3-1-2-4-10(8)12-9;/h1-6H,7H2,(H,13,14);. The van der Waals surface area contributed by atoms with Crippen LogP contribution in [0.4, 0.5) is 0 Å². The van der Waals surface area contributed by atoms with Crippen molar-refractivity contribution in [1.29, 1.82) is 0 Å². The first-order valence-electron chi connectivity index (χ1n) is 4.32. The molecule has 0 bridgehead atoms. The van der Waals surface area contributed by atoms with E-state index in [-0.39, 0.29) is 36.0 Å². The van der Waals surface area contributed by atoms with Crippen molar-refractivity contribution in [2.45, 2.75) is 6.42 Å². The van der Waals surface area contributed by atoms with Crippen LogP contribution in [0.1, 0.15) is 5.69 Å². The molecule has 2 aromatic rings. The topological polar surface area (TPSA) is 50.2 Å². The first kappa shape index (κ1) is 12.2. The number of benzene rings is 1. The van der Waals surface area contributed by atoms with Gasteiger partial charge in [0.15, 0.2) is 0 Å². The molecule has 0 atom stereocenters. The van der Waals surface area contributed by atoms with Gasteiger partial charge in [-0.15, -0.1) is 0 Å². The minimum Gasteiger partial charge on any atom is -0.481 e. The summed E-state index contributed by atoms with van der Waals surface area (Å²) in [5.74, 6) is -0.854. The van der Waals surface area contributed by atoms with Crippen LogP contribution < -0.4 is 0 Å². The second kappa shape index (κ2) is 5.26. The van der Waals surface area contributed by atoms with Crippen LogP contribution in [0.25, 0.3) is 10.9 Å². The molecule has 71 valence electrons. The van der Waals surface area contributed by atoms with Gasteiger partial charge in [0.2, 0.25) is 0 Å². The Hall–Kier alpha value is -0.900. The van der Waals surface area contributed by atoms with E-state index in [4.69, 9.17) is 5.11 Å². The van der Waals surface area contributed by atoms with Crippen LogP contribution in [-0.2, 0) is 11.2 Å². The van der Waals surface area contributed by atoms with Crippen LogP contribution in [0, 0.1) is 0 Å². The van der Waals surface area contributed by atoms with Gasteiger partial charge < -0.3 is 5.11 Å². The number of hydrogen-bond acceptors (Lipinski definition) is 2. The van der Waals surface area contributed by atoms with E-state index in [2.05, 4.69) is 4.98 Å². The fourth-order valence-electron chi connectivity index (χ4n) is 1.36. The fraction of sp³-hybridized carbons (Fsp3) is 0.0909. The van der Waals surface area contributed by atoms with Crippen LogP contribution in [0.2, 0.25) is 0 Å². The van der Waals surface area contributed by atoms with E-state index in [0.29, 0.717) is 5.69 Å². The van der Waals surface area contributed by atoms with Gasteiger partial charge in [-0.1, -0.05) is 24.3 Å². The Bertz CT molecular complexity index is 485. The van der Waals surface area contributed by atoms with Crippen molar-refractivity contribution in [3.63, 3.8) is 0 Å². The zero-order chi connectivity index (χ0) is 9.97. The van der Waals surface area contributed by atoms with Gasteiger partial charge in [0.05, 0.1) is 17.6 Å². The molecule has 1 radical (unpaired) electrons. The monoisotopic (exact) mass is 210 g/mol. The van der Waals surface area contributed by atoms with Gasteiger partial charge in [0.25, 0.3) is 0 Å². The van der Waals surface area contributed by atoms with Crippen molar-refractivity contribution in [3.8, 4) is 0 Å². The average molecular weight is 210 g/mol. The van der Waals surface area contributed by atoms with Gasteiger partial charge in [-0.2, -0.15) is 0 Å². The van der Waals surface area contributed by atoms with Crippen molar-refractivity contribution >= 4 is 46.4 Å². The molecule has 0 aliphatic heterocycles. The number of carboxylic acid groups (broad SMARTS) is 1. The Balaban J connectivity index is 0.00000112. The maximum Gasteiger partial charge on any atom is 0.309 e. The van der Waals surface area contributed by atoms with Crippen LogP contribution >= 0.6 is 0 Å². The summed E-state index contributed by atoms with van der Waals surface area (Å²) in [5, 5.41) is 9.63. The van der Waals surface area contributed by atoms with E-state index >= 15 is 0 Å². The summed E-state index contributed by atoms with van der Waals surface area (Å²) in [4.78, 5) is 14.7. The molecule has 1 N–H and O–H groups in total. The van der Waals surface area contributed by atoms with E-state index in [1.807, 2.05) is 30.3 Å². The molecular weight excluding hydrogens is 201 g/mol. The van der Waals surface area contributed by atoms with Crippen molar-refractivity contribution in [3.05, 3.63) is 42.1 Å². The third-order valence-electron chi connectivity index (χ3n) is 1.99. The summed E-state index contributed by atoms with van der Waals surface area (Å²) < 4.78 is 0. The van der Waals surface area contributed by atoms with Crippen LogP contribution in [0.15, 0.2) is 36.4 Å². The number of carboxylic acids is 1. The number of carbonyl (C=O) groups is 1. The molecule has 2 rings (SSSR count). The van der Waals surface area contributed by atoms with Crippen LogP contribution in [-0.4, -0.2) is 45.6 Å². The van der Waals surface area contributed by atoms with Crippen molar-refractivity contribution in [2.24, 2.45) is 0 Å². The number of pyridine rings is 1. The van der Waals surface area contributed by atoms with Gasteiger partial charge >= 0.3 is 5.97 Å². The Labute approximate surface area is 109 Å². The Morgan fingerprint density at radius 1 is 1.20 bits per heavy atom. The normalized spacial score (nSPS) is 9.60. The maximum atomic E-state index is 10.5. The van der Waals surface area contributed by atoms with Crippen LogP contribution in [0.5, 0.6) is 0 Å². The second-order valence-corrected chi connectivity index (χ2v) is 3.07. The van der Waals surface area contributed by atoms with Crippen molar-refractivity contribution < 1.29 is 9.90 Å². The largest absolute Gasteiger partial charge is 0.481 e. The first-order valence-corrected chi connectivity index (χ1v) is 4.32. The zero-order valence-electron chi connectivity index (χ0n) is 8.47. The summed E-state index contributed by atoms with van der Waals surface area (Å²) >= 11 is 0. The van der Waals surface area contributed by atoms with E-state index in [1.165, 1.54) is 0 Å². The first-order chi connectivity index (χ1) is 6.75. The number of nitrogens with zero attached hydrogens (tertiary/aromatic N) is 1. The SMILES string of the molecule is O=C(O)Cc1ccc2ccccc2n1.[Na]. The molecule has 0 aliphatic rings. The van der Waals surface area contributed by atoms with Crippen LogP contribution in [0.3, 0.4) is 0 Å². The van der Waals surface area contributed by atoms with E-state index < -0.39 is 5.97 Å². The van der Waals surface area contributed by atoms with Gasteiger partial charge in [0.1, 0.15) is 0 Å². The number of aromatic nitrogens is 1. The predicted octanol–water partition coefficient (Wildman–Crippen LogP) is 1.48. The van der Waals surface area contributed by atoms with Gasteiger partial charge in [-0.3, -0.25) is 9.78 Å². The number of hydrogen-bond donors (Lipinski definition) is 1. The smallest absolute Gasteiger partial charge is 0.309 e. The molecule has 0 saturated carbocycles. The third kappa shape index (κ3) is 3.02. The summed E-state index contributed by atoms with van der Waals surface area (Å²) in [6.45, 7) is 0. The van der Waals surface area contributed by atoms with Crippen molar-refractivity contribution in [2.75, 3.05) is 0 Å². The molecule has 0 saturated heterocycles. The predicted molar refractivity (Wildman–Crippen MR) is 58.8 cm³/mol. The van der Waals surface area contributed by atoms with E-state index in [1.54, 1.807) is 6.07 Å². The molecule has 0 spiro atoms. The molecule has 0 amide bonds. The Kier molecular flexibility index (Phi) is 4.27. The molecule has 0 unspecified atom stereocenters. The van der Waals surface area contributed by atoms with Gasteiger partial charge in [-0.05, 0) is 12.1 Å². The second-order valence-electron chi connectivity index (χ2n) is 3.07. The molecule has 0 aliphatic carbocycles. The van der Waals surface area contributed by atoms with E-state index in [0.717, 1.165) is 10.9 Å². The molecule has 1 aromatic carbocycles. The number of para-hydroxylation sites is 1. The molecule has 4 heteroatoms. The summed E-state index contributed by atoms with van der Waals surface area (Å²) in [6.07, 6.45) is -0.0230. The summed E-state index contributed by atoms with van der Waals surface area (Å²) in [5.41, 5.74) is 1.43. The Morgan fingerprint density at radius 2 is 1.93 bits per heavy atom. The van der Waals surface area contributed by atoms with Crippen molar-refractivity contribution in [1.82, 2.24) is 4.98 Å². The number of aliphatic carboxylic acids is 1. The summed E-state index contributed by atoms with van der Waals surface area (Å²) in [6, 6.07) is 11.3. The molecule has 15 heavy (non-hydrogen) atoms. The minimum atomic E-state index is -0.854. The van der Waals surface area contributed by atoms with Gasteiger partial charge in [0, 0.05) is 34.9 Å². The average Bonchev–Trinajstić information content (AvgIpc) is 2.17. The van der Waals surface area contributed by atoms with Gasteiger partial charge in [-0.25, -0.2) is 0 Å². The number of rotatable bonds is 2. The number of fused-ring (bicyclic) bond motifs is 1. The fourth-order valence-corrected chi connectivity index (χ4v) is 1.36.